The van der Waals surface area contributed by atoms with Gasteiger partial charge >= 0.3 is 0 Å². The monoisotopic (exact) mass is 302 g/mol. The summed E-state index contributed by atoms with van der Waals surface area (Å²) >= 11 is 0. The van der Waals surface area contributed by atoms with Gasteiger partial charge in [-0.25, -0.2) is 0 Å². The van der Waals surface area contributed by atoms with Gasteiger partial charge in [-0.3, -0.25) is 4.98 Å². The van der Waals surface area contributed by atoms with Crippen molar-refractivity contribution in [2.24, 2.45) is 0 Å². The van der Waals surface area contributed by atoms with Crippen LogP contribution in [0.3, 0.4) is 0 Å². The average molecular weight is 302 g/mol. The molecule has 0 fully saturated rings. The van der Waals surface area contributed by atoms with Crippen LogP contribution in [0.25, 0.3) is 11.6 Å². The highest BCUT2D eigenvalue weighted by atomic mass is 15.1. The molecule has 0 aliphatic carbocycles. The minimum Gasteiger partial charge on any atom is -0.375 e. The lowest BCUT2D eigenvalue weighted by Gasteiger charge is -2.18. The van der Waals surface area contributed by atoms with Crippen molar-refractivity contribution in [1.82, 2.24) is 4.98 Å². The number of rotatable bonds is 5. The SMILES string of the molecule is CCCN(C)c1ccc(/C=C(\C#N)c2ccc(C#N)cn2)cc1. The van der Waals surface area contributed by atoms with Gasteiger partial charge in [-0.1, -0.05) is 19.1 Å². The van der Waals surface area contributed by atoms with E-state index in [-0.39, 0.29) is 0 Å². The molecule has 0 N–H and O–H groups in total. The lowest BCUT2D eigenvalue weighted by Crippen LogP contribution is -2.17. The molecule has 2 rings (SSSR count). The Balaban J connectivity index is 2.24. The maximum absolute atomic E-state index is 9.35. The van der Waals surface area contributed by atoms with E-state index in [0.717, 1.165) is 24.2 Å². The zero-order valence-electron chi connectivity index (χ0n) is 13.3. The highest BCUT2D eigenvalue weighted by Gasteiger charge is 2.04. The van der Waals surface area contributed by atoms with Crippen LogP contribution in [-0.4, -0.2) is 18.6 Å². The van der Waals surface area contributed by atoms with Crippen LogP contribution in [0.2, 0.25) is 0 Å². The molecular weight excluding hydrogens is 284 g/mol. The predicted molar refractivity (Wildman–Crippen MR) is 92.4 cm³/mol. The van der Waals surface area contributed by atoms with Crippen LogP contribution in [0, 0.1) is 22.7 Å². The second kappa shape index (κ2) is 7.77. The van der Waals surface area contributed by atoms with Crippen molar-refractivity contribution in [2.45, 2.75) is 13.3 Å². The normalized spacial score (nSPS) is 10.7. The Morgan fingerprint density at radius 1 is 1.17 bits per heavy atom. The van der Waals surface area contributed by atoms with Gasteiger partial charge in [0.05, 0.1) is 16.8 Å². The third-order valence-electron chi connectivity index (χ3n) is 3.49. The molecule has 1 aromatic heterocycles. The lowest BCUT2D eigenvalue weighted by molar-refractivity contribution is 0.852. The van der Waals surface area contributed by atoms with Gasteiger partial charge in [0.2, 0.25) is 0 Å². The van der Waals surface area contributed by atoms with Gasteiger partial charge in [0.15, 0.2) is 0 Å². The summed E-state index contributed by atoms with van der Waals surface area (Å²) < 4.78 is 0. The van der Waals surface area contributed by atoms with E-state index < -0.39 is 0 Å². The van der Waals surface area contributed by atoms with Gasteiger partial charge in [0.1, 0.15) is 12.1 Å². The number of hydrogen-bond acceptors (Lipinski definition) is 4. The number of nitrogens with zero attached hydrogens (tertiary/aromatic N) is 4. The number of allylic oxidation sites excluding steroid dienone is 1. The molecule has 0 aliphatic rings. The second-order valence-corrected chi connectivity index (χ2v) is 5.23. The van der Waals surface area contributed by atoms with Gasteiger partial charge in [0, 0.05) is 25.5 Å². The highest BCUT2D eigenvalue weighted by molar-refractivity contribution is 5.88. The quantitative estimate of drug-likeness (QED) is 0.787. The molecule has 4 nitrogen and oxygen atoms in total. The standard InChI is InChI=1S/C19H18N4/c1-3-10-23(2)18-7-4-15(5-8-18)11-17(13-21)19-9-6-16(12-20)14-22-19/h4-9,11,14H,3,10H2,1-2H3/b17-11+. The first kappa shape index (κ1) is 16.3. The van der Waals surface area contributed by atoms with E-state index in [0.29, 0.717) is 16.8 Å². The van der Waals surface area contributed by atoms with Gasteiger partial charge in [-0.15, -0.1) is 0 Å². The molecule has 0 bridgehead atoms. The minimum atomic E-state index is 0.476. The van der Waals surface area contributed by atoms with Crippen molar-refractivity contribution in [1.29, 1.82) is 10.5 Å². The van der Waals surface area contributed by atoms with Crippen molar-refractivity contribution >= 4 is 17.3 Å². The molecule has 0 amide bonds. The third kappa shape index (κ3) is 4.18. The molecule has 114 valence electrons. The maximum atomic E-state index is 9.35. The lowest BCUT2D eigenvalue weighted by atomic mass is 10.1. The van der Waals surface area contributed by atoms with Crippen LogP contribution in [0.5, 0.6) is 0 Å². The molecule has 0 saturated carbocycles. The van der Waals surface area contributed by atoms with Gasteiger partial charge in [0.25, 0.3) is 0 Å². The van der Waals surface area contributed by atoms with Crippen LogP contribution < -0.4 is 4.90 Å². The number of benzene rings is 1. The van der Waals surface area contributed by atoms with Crippen molar-refractivity contribution in [3.05, 3.63) is 59.4 Å². The molecule has 1 heterocycles. The first-order valence-corrected chi connectivity index (χ1v) is 7.47. The molecule has 0 spiro atoms. The van der Waals surface area contributed by atoms with E-state index in [1.807, 2.05) is 30.3 Å². The highest BCUT2D eigenvalue weighted by Crippen LogP contribution is 2.19. The largest absolute Gasteiger partial charge is 0.375 e. The fourth-order valence-electron chi connectivity index (χ4n) is 2.24. The Morgan fingerprint density at radius 2 is 1.91 bits per heavy atom. The summed E-state index contributed by atoms with van der Waals surface area (Å²) in [7, 11) is 2.07. The van der Waals surface area contributed by atoms with E-state index >= 15 is 0 Å². The predicted octanol–water partition coefficient (Wildman–Crippen LogP) is 3.86. The first-order valence-electron chi connectivity index (χ1n) is 7.47. The van der Waals surface area contributed by atoms with Gasteiger partial charge in [-0.2, -0.15) is 10.5 Å². The van der Waals surface area contributed by atoms with Crippen molar-refractivity contribution in [3.63, 3.8) is 0 Å². The molecule has 0 aliphatic heterocycles. The molecule has 0 saturated heterocycles. The summed E-state index contributed by atoms with van der Waals surface area (Å²) in [5.74, 6) is 0. The Hall–Kier alpha value is -3.11. The fourth-order valence-corrected chi connectivity index (χ4v) is 2.24. The fraction of sp³-hybridized carbons (Fsp3) is 0.211. The third-order valence-corrected chi connectivity index (χ3v) is 3.49. The average Bonchev–Trinajstić information content (AvgIpc) is 2.60. The Kier molecular flexibility index (Phi) is 5.50. The van der Waals surface area contributed by atoms with Crippen LogP contribution in [0.1, 0.15) is 30.2 Å². The Bertz CT molecular complexity index is 759. The molecular formula is C19H18N4. The number of pyridine rings is 1. The van der Waals surface area contributed by atoms with Gasteiger partial charge < -0.3 is 4.90 Å². The molecule has 1 aromatic carbocycles. The zero-order valence-corrected chi connectivity index (χ0v) is 13.3. The summed E-state index contributed by atoms with van der Waals surface area (Å²) in [6.45, 7) is 3.16. The molecule has 0 unspecified atom stereocenters. The summed E-state index contributed by atoms with van der Waals surface area (Å²) in [5, 5.41) is 18.1. The first-order chi connectivity index (χ1) is 11.2. The van der Waals surface area contributed by atoms with Gasteiger partial charge in [-0.05, 0) is 42.3 Å². The second-order valence-electron chi connectivity index (χ2n) is 5.23. The summed E-state index contributed by atoms with van der Waals surface area (Å²) in [6.07, 6.45) is 4.38. The van der Waals surface area contributed by atoms with Crippen LogP contribution in [0.15, 0.2) is 42.6 Å². The maximum Gasteiger partial charge on any atom is 0.101 e. The molecule has 2 aromatic rings. The van der Waals surface area contributed by atoms with Crippen molar-refractivity contribution < 1.29 is 0 Å². The molecule has 0 atom stereocenters. The molecule has 0 radical (unpaired) electrons. The smallest absolute Gasteiger partial charge is 0.101 e. The Morgan fingerprint density at radius 3 is 2.43 bits per heavy atom. The van der Waals surface area contributed by atoms with E-state index in [9.17, 15) is 5.26 Å². The number of hydrogen-bond donors (Lipinski definition) is 0. The zero-order chi connectivity index (χ0) is 16.7. The van der Waals surface area contributed by atoms with Crippen molar-refractivity contribution in [2.75, 3.05) is 18.5 Å². The van der Waals surface area contributed by atoms with E-state index in [2.05, 4.69) is 29.9 Å². The van der Waals surface area contributed by atoms with E-state index in [1.54, 1.807) is 18.2 Å². The molecule has 4 heteroatoms. The summed E-state index contributed by atoms with van der Waals surface area (Å²) in [5.41, 5.74) is 3.62. The number of anilines is 1. The minimum absolute atomic E-state index is 0.476. The van der Waals surface area contributed by atoms with Crippen molar-refractivity contribution in [3.8, 4) is 12.1 Å². The topological polar surface area (TPSA) is 63.7 Å². The van der Waals surface area contributed by atoms with Crippen LogP contribution in [-0.2, 0) is 0 Å². The van der Waals surface area contributed by atoms with E-state index in [1.165, 1.54) is 6.20 Å². The van der Waals surface area contributed by atoms with Crippen LogP contribution >= 0.6 is 0 Å². The van der Waals surface area contributed by atoms with Crippen LogP contribution in [0.4, 0.5) is 5.69 Å². The molecule has 23 heavy (non-hydrogen) atoms. The summed E-state index contributed by atoms with van der Waals surface area (Å²) in [6, 6.07) is 15.6. The Labute approximate surface area is 136 Å². The summed E-state index contributed by atoms with van der Waals surface area (Å²) in [4.78, 5) is 6.36. The van der Waals surface area contributed by atoms with E-state index in [4.69, 9.17) is 5.26 Å². The number of nitriles is 2. The number of aromatic nitrogens is 1.